The van der Waals surface area contributed by atoms with Crippen LogP contribution in [-0.4, -0.2) is 34.7 Å². The van der Waals surface area contributed by atoms with Gasteiger partial charge in [0.15, 0.2) is 0 Å². The second kappa shape index (κ2) is 9.75. The molecule has 4 aromatic rings. The Morgan fingerprint density at radius 1 is 1.09 bits per heavy atom. The van der Waals surface area contributed by atoms with Crippen molar-refractivity contribution in [3.63, 3.8) is 0 Å². The third-order valence-electron chi connectivity index (χ3n) is 7.17. The summed E-state index contributed by atoms with van der Waals surface area (Å²) >= 11 is 0. The molecule has 8 heteroatoms. The van der Waals surface area contributed by atoms with Crippen molar-refractivity contribution in [2.45, 2.75) is 65.0 Å². The van der Waals surface area contributed by atoms with Gasteiger partial charge in [-0.2, -0.15) is 5.21 Å². The number of nitrogens with zero attached hydrogens (tertiary/aromatic N) is 6. The molecule has 0 aliphatic heterocycles. The van der Waals surface area contributed by atoms with Crippen LogP contribution in [0.15, 0.2) is 53.7 Å². The number of imidazole rings is 1. The monoisotopic (exact) mass is 457 g/mol. The van der Waals surface area contributed by atoms with Crippen LogP contribution in [0, 0.1) is 5.92 Å². The van der Waals surface area contributed by atoms with E-state index < -0.39 is 0 Å². The number of hydrogen-bond donors (Lipinski definition) is 1. The number of benzene rings is 1. The molecule has 3 aromatic heterocycles. The molecule has 2 unspecified atom stereocenters. The van der Waals surface area contributed by atoms with Crippen LogP contribution in [0.4, 0.5) is 0 Å². The molecule has 8 nitrogen and oxygen atoms in total. The van der Waals surface area contributed by atoms with Crippen molar-refractivity contribution in [3.8, 4) is 22.5 Å². The minimum absolute atomic E-state index is 0.0931. The van der Waals surface area contributed by atoms with Gasteiger partial charge in [-0.25, -0.2) is 4.79 Å². The van der Waals surface area contributed by atoms with Crippen LogP contribution < -0.4 is 5.69 Å². The smallest absolute Gasteiger partial charge is 0.296 e. The number of unbranched alkanes of at least 4 members (excludes halogenated alkanes) is 1. The highest BCUT2D eigenvalue weighted by Gasteiger charge is 2.33. The molecule has 1 N–H and O–H groups in total. The molecule has 2 atom stereocenters. The van der Waals surface area contributed by atoms with Crippen LogP contribution >= 0.6 is 0 Å². The number of pyridine rings is 1. The lowest BCUT2D eigenvalue weighted by Crippen LogP contribution is -2.36. The Kier molecular flexibility index (Phi) is 6.38. The molecule has 34 heavy (non-hydrogen) atoms. The van der Waals surface area contributed by atoms with Crippen molar-refractivity contribution in [3.05, 3.63) is 70.7 Å². The van der Waals surface area contributed by atoms with Gasteiger partial charge in [0.25, 0.3) is 0 Å². The molecule has 0 amide bonds. The molecule has 0 bridgehead atoms. The molecule has 0 radical (unpaired) electrons. The summed E-state index contributed by atoms with van der Waals surface area (Å²) in [6, 6.07) is 10.3. The summed E-state index contributed by atoms with van der Waals surface area (Å²) in [6.45, 7) is 4.89. The van der Waals surface area contributed by atoms with Gasteiger partial charge >= 0.3 is 5.69 Å². The second-order valence-electron chi connectivity index (χ2n) is 9.13. The topological polar surface area (TPSA) is 94.3 Å². The van der Waals surface area contributed by atoms with Gasteiger partial charge in [-0.3, -0.25) is 14.1 Å². The maximum absolute atomic E-state index is 13.6. The summed E-state index contributed by atoms with van der Waals surface area (Å²) in [5, 5.41) is 14.6. The van der Waals surface area contributed by atoms with E-state index in [2.05, 4.69) is 51.7 Å². The lowest BCUT2D eigenvalue weighted by molar-refractivity contribution is 0.171. The Bertz CT molecular complexity index is 1300. The largest absolute Gasteiger partial charge is 0.328 e. The van der Waals surface area contributed by atoms with Crippen molar-refractivity contribution < 1.29 is 0 Å². The minimum Gasteiger partial charge on any atom is -0.296 e. The molecule has 5 rings (SSSR count). The number of nitrogens with one attached hydrogen (secondary N) is 1. The molecule has 0 spiro atoms. The Hall–Kier alpha value is -3.55. The summed E-state index contributed by atoms with van der Waals surface area (Å²) < 4.78 is 3.96. The average Bonchev–Trinajstić information content (AvgIpc) is 3.48. The first-order chi connectivity index (χ1) is 16.7. The van der Waals surface area contributed by atoms with Crippen LogP contribution in [0.25, 0.3) is 22.5 Å². The number of H-pyrrole nitrogens is 1. The molecule has 1 aromatic carbocycles. The van der Waals surface area contributed by atoms with Gasteiger partial charge in [-0.15, -0.1) is 10.2 Å². The van der Waals surface area contributed by atoms with E-state index in [1.54, 1.807) is 6.20 Å². The number of aromatic amines is 1. The van der Waals surface area contributed by atoms with Crippen molar-refractivity contribution >= 4 is 0 Å². The highest BCUT2D eigenvalue weighted by atomic mass is 16.1. The molecular weight excluding hydrogens is 426 g/mol. The van der Waals surface area contributed by atoms with E-state index in [1.165, 1.54) is 6.42 Å². The summed E-state index contributed by atoms with van der Waals surface area (Å²) in [6.07, 6.45) is 12.3. The normalized spacial score (nSPS) is 17.6. The number of rotatable bonds is 9. The molecule has 1 aliphatic rings. The van der Waals surface area contributed by atoms with E-state index in [1.807, 2.05) is 39.6 Å². The van der Waals surface area contributed by atoms with Gasteiger partial charge in [-0.05, 0) is 59.6 Å². The second-order valence-corrected chi connectivity index (χ2v) is 9.13. The fraction of sp³-hybridized carbons (Fsp3) is 0.423. The molecule has 176 valence electrons. The van der Waals surface area contributed by atoms with Gasteiger partial charge in [-0.1, -0.05) is 51.0 Å². The number of tetrazole rings is 1. The molecule has 1 fully saturated rings. The van der Waals surface area contributed by atoms with Gasteiger partial charge in [0.05, 0.1) is 6.54 Å². The lowest BCUT2D eigenvalue weighted by atomic mass is 9.78. The average molecular weight is 458 g/mol. The van der Waals surface area contributed by atoms with E-state index in [-0.39, 0.29) is 5.69 Å². The Morgan fingerprint density at radius 2 is 1.94 bits per heavy atom. The van der Waals surface area contributed by atoms with Gasteiger partial charge in [0.1, 0.15) is 0 Å². The third-order valence-corrected chi connectivity index (χ3v) is 7.17. The number of aryl methyl sites for hydroxylation is 1. The van der Waals surface area contributed by atoms with Crippen molar-refractivity contribution in [1.82, 2.24) is 34.7 Å². The Labute approximate surface area is 199 Å². The van der Waals surface area contributed by atoms with E-state index >= 15 is 0 Å². The van der Waals surface area contributed by atoms with Crippen LogP contribution in [0.1, 0.15) is 63.3 Å². The van der Waals surface area contributed by atoms with Crippen molar-refractivity contribution in [2.24, 2.45) is 5.92 Å². The van der Waals surface area contributed by atoms with Crippen LogP contribution in [0.3, 0.4) is 0 Å². The standard InChI is InChI=1S/C26H31N7O/c1-3-5-8-20-17-33(24-12-11-18(24)4-2)26(34)32(20)16-19-15-27-14-13-21(19)22-9-6-7-10-23(22)25-28-30-31-29-25/h6-7,9-10,13-15,17-18,24H,3-5,8,11-12,16H2,1-2H3,(H,28,29,30,31). The summed E-state index contributed by atoms with van der Waals surface area (Å²) in [4.78, 5) is 18.0. The first kappa shape index (κ1) is 22.3. The first-order valence-corrected chi connectivity index (χ1v) is 12.3. The molecule has 3 heterocycles. The van der Waals surface area contributed by atoms with Crippen LogP contribution in [-0.2, 0) is 13.0 Å². The predicted octanol–water partition coefficient (Wildman–Crippen LogP) is 4.64. The quantitative estimate of drug-likeness (QED) is 0.395. The zero-order chi connectivity index (χ0) is 23.5. The fourth-order valence-electron chi connectivity index (χ4n) is 5.08. The zero-order valence-electron chi connectivity index (χ0n) is 19.8. The van der Waals surface area contributed by atoms with Crippen molar-refractivity contribution in [2.75, 3.05) is 0 Å². The van der Waals surface area contributed by atoms with Gasteiger partial charge < -0.3 is 0 Å². The maximum Gasteiger partial charge on any atom is 0.328 e. The molecule has 0 saturated heterocycles. The third kappa shape index (κ3) is 4.08. The van der Waals surface area contributed by atoms with E-state index in [0.29, 0.717) is 24.3 Å². The number of aromatic nitrogens is 7. The van der Waals surface area contributed by atoms with Gasteiger partial charge in [0, 0.05) is 35.9 Å². The Morgan fingerprint density at radius 3 is 2.65 bits per heavy atom. The van der Waals surface area contributed by atoms with Gasteiger partial charge in [0.2, 0.25) is 5.82 Å². The first-order valence-electron chi connectivity index (χ1n) is 12.3. The highest BCUT2D eigenvalue weighted by molar-refractivity contribution is 5.81. The zero-order valence-corrected chi connectivity index (χ0v) is 19.8. The molecular formula is C26H31N7O. The van der Waals surface area contributed by atoms with E-state index in [4.69, 9.17) is 0 Å². The molecule has 1 aliphatic carbocycles. The minimum atomic E-state index is 0.0931. The lowest BCUT2D eigenvalue weighted by Gasteiger charge is -2.36. The SMILES string of the molecule is CCCCc1cn(C2CCC2CC)c(=O)n1Cc1cnccc1-c1ccccc1-c1nn[nH]n1. The fourth-order valence-corrected chi connectivity index (χ4v) is 5.08. The Balaban J connectivity index is 1.56. The van der Waals surface area contributed by atoms with Crippen LogP contribution in [0.5, 0.6) is 0 Å². The summed E-state index contributed by atoms with van der Waals surface area (Å²) in [5.74, 6) is 1.14. The van der Waals surface area contributed by atoms with E-state index in [0.717, 1.165) is 60.1 Å². The maximum atomic E-state index is 13.6. The predicted molar refractivity (Wildman–Crippen MR) is 131 cm³/mol. The molecule has 1 saturated carbocycles. The highest BCUT2D eigenvalue weighted by Crippen LogP contribution is 2.40. The van der Waals surface area contributed by atoms with Crippen molar-refractivity contribution in [1.29, 1.82) is 0 Å². The summed E-state index contributed by atoms with van der Waals surface area (Å²) in [5.41, 5.74) is 5.10. The summed E-state index contributed by atoms with van der Waals surface area (Å²) in [7, 11) is 0. The number of hydrogen-bond acceptors (Lipinski definition) is 5. The van der Waals surface area contributed by atoms with Crippen LogP contribution in [0.2, 0.25) is 0 Å². The van der Waals surface area contributed by atoms with E-state index in [9.17, 15) is 4.79 Å².